The van der Waals surface area contributed by atoms with Gasteiger partial charge in [0.15, 0.2) is 0 Å². The standard InChI is InChI=1S/C28H29N3O4S/c1-5-35-22-10-8-9-21(15-22)30-26(32)20(16-29)14-19-13-17(2)31(18(19)3)27-25(28(33)34-4)23-11-6-7-12-24(23)36-27/h8-10,13-15H,5-7,11-12H2,1-4H3,(H,30,32)/b20-14-. The number of benzene rings is 1. The number of aryl methyl sites for hydroxylation is 2. The van der Waals surface area contributed by atoms with E-state index in [0.29, 0.717) is 23.6 Å². The van der Waals surface area contributed by atoms with Crippen molar-refractivity contribution >= 4 is 35.0 Å². The minimum atomic E-state index is -0.502. The molecule has 0 unspecified atom stereocenters. The molecule has 8 heteroatoms. The van der Waals surface area contributed by atoms with Gasteiger partial charge < -0.3 is 19.4 Å². The summed E-state index contributed by atoms with van der Waals surface area (Å²) in [5.74, 6) is -0.195. The first-order chi connectivity index (χ1) is 17.4. The van der Waals surface area contributed by atoms with E-state index in [1.54, 1.807) is 41.7 Å². The first-order valence-electron chi connectivity index (χ1n) is 12.0. The van der Waals surface area contributed by atoms with E-state index in [4.69, 9.17) is 9.47 Å². The third kappa shape index (κ3) is 4.93. The molecule has 0 aliphatic heterocycles. The summed E-state index contributed by atoms with van der Waals surface area (Å²) in [6.45, 7) is 6.28. The quantitative estimate of drug-likeness (QED) is 0.251. The molecule has 0 radical (unpaired) electrons. The number of carbonyl (C=O) groups is 2. The monoisotopic (exact) mass is 503 g/mol. The normalized spacial score (nSPS) is 13.0. The van der Waals surface area contributed by atoms with Crippen molar-refractivity contribution in [2.24, 2.45) is 0 Å². The van der Waals surface area contributed by atoms with Gasteiger partial charge in [-0.15, -0.1) is 11.3 Å². The second-order valence-electron chi connectivity index (χ2n) is 8.63. The van der Waals surface area contributed by atoms with E-state index in [-0.39, 0.29) is 11.5 Å². The summed E-state index contributed by atoms with van der Waals surface area (Å²) in [7, 11) is 1.41. The number of esters is 1. The van der Waals surface area contributed by atoms with Gasteiger partial charge in [0, 0.05) is 28.0 Å². The highest BCUT2D eigenvalue weighted by molar-refractivity contribution is 7.15. The Kier molecular flexibility index (Phi) is 7.61. The summed E-state index contributed by atoms with van der Waals surface area (Å²) in [4.78, 5) is 26.9. The van der Waals surface area contributed by atoms with Crippen molar-refractivity contribution in [3.05, 3.63) is 68.9 Å². The number of carbonyl (C=O) groups excluding carboxylic acids is 2. The Morgan fingerprint density at radius 1 is 1.22 bits per heavy atom. The van der Waals surface area contributed by atoms with Gasteiger partial charge in [-0.05, 0) is 81.9 Å². The van der Waals surface area contributed by atoms with Gasteiger partial charge in [0.2, 0.25) is 0 Å². The molecular formula is C28H29N3O4S. The van der Waals surface area contributed by atoms with Crippen LogP contribution < -0.4 is 10.1 Å². The Labute approximate surface area is 215 Å². The van der Waals surface area contributed by atoms with Crippen LogP contribution >= 0.6 is 11.3 Å². The topological polar surface area (TPSA) is 93.4 Å². The molecule has 1 aliphatic carbocycles. The fraction of sp³-hybridized carbons (Fsp3) is 0.321. The predicted octanol–water partition coefficient (Wildman–Crippen LogP) is 5.77. The van der Waals surface area contributed by atoms with E-state index in [1.165, 1.54) is 12.0 Å². The Morgan fingerprint density at radius 3 is 2.72 bits per heavy atom. The molecule has 0 bridgehead atoms. The molecule has 0 fully saturated rings. The Hall–Kier alpha value is -3.83. The second kappa shape index (κ2) is 10.8. The number of anilines is 1. The van der Waals surface area contributed by atoms with Crippen molar-refractivity contribution in [3.63, 3.8) is 0 Å². The van der Waals surface area contributed by atoms with Crippen LogP contribution in [0.2, 0.25) is 0 Å². The molecule has 0 saturated carbocycles. The largest absolute Gasteiger partial charge is 0.494 e. The zero-order valence-corrected chi connectivity index (χ0v) is 21.8. The lowest BCUT2D eigenvalue weighted by atomic mass is 9.95. The van der Waals surface area contributed by atoms with Gasteiger partial charge >= 0.3 is 5.97 Å². The van der Waals surface area contributed by atoms with Crippen molar-refractivity contribution < 1.29 is 19.1 Å². The van der Waals surface area contributed by atoms with Gasteiger partial charge in [0.1, 0.15) is 22.4 Å². The van der Waals surface area contributed by atoms with Crippen LogP contribution in [0.4, 0.5) is 5.69 Å². The maximum Gasteiger partial charge on any atom is 0.341 e. The minimum absolute atomic E-state index is 0.0178. The first-order valence-corrected chi connectivity index (χ1v) is 12.8. The molecule has 1 amide bonds. The van der Waals surface area contributed by atoms with Gasteiger partial charge in [-0.25, -0.2) is 4.79 Å². The Bertz CT molecular complexity index is 1390. The molecule has 0 atom stereocenters. The highest BCUT2D eigenvalue weighted by Gasteiger charge is 2.28. The SMILES string of the molecule is CCOc1cccc(NC(=O)/C(C#N)=C\c2cc(C)n(-c3sc4c(c3C(=O)OC)CCCC4)c2C)c1. The van der Waals surface area contributed by atoms with E-state index in [0.717, 1.165) is 53.2 Å². The van der Waals surface area contributed by atoms with Crippen LogP contribution in [0.5, 0.6) is 5.75 Å². The number of nitrogens with zero attached hydrogens (tertiary/aromatic N) is 2. The third-order valence-corrected chi connectivity index (χ3v) is 7.56. The number of rotatable bonds is 7. The molecule has 0 saturated heterocycles. The molecule has 3 aromatic rings. The Balaban J connectivity index is 1.70. The van der Waals surface area contributed by atoms with Crippen molar-refractivity contribution in [2.45, 2.75) is 46.5 Å². The molecule has 2 aromatic heterocycles. The van der Waals surface area contributed by atoms with E-state index in [1.807, 2.05) is 37.5 Å². The van der Waals surface area contributed by atoms with E-state index in [9.17, 15) is 14.9 Å². The lowest BCUT2D eigenvalue weighted by molar-refractivity contribution is -0.112. The number of nitriles is 1. The summed E-state index contributed by atoms with van der Waals surface area (Å²) < 4.78 is 12.7. The fourth-order valence-electron chi connectivity index (χ4n) is 4.60. The number of methoxy groups -OCH3 is 1. The van der Waals surface area contributed by atoms with Crippen molar-refractivity contribution in [2.75, 3.05) is 19.0 Å². The molecule has 0 spiro atoms. The zero-order valence-electron chi connectivity index (χ0n) is 20.9. The Morgan fingerprint density at radius 2 is 2.00 bits per heavy atom. The zero-order chi connectivity index (χ0) is 25.8. The van der Waals surface area contributed by atoms with E-state index < -0.39 is 5.91 Å². The molecule has 4 rings (SSSR count). The average molecular weight is 504 g/mol. The predicted molar refractivity (Wildman–Crippen MR) is 141 cm³/mol. The van der Waals surface area contributed by atoms with Gasteiger partial charge in [-0.3, -0.25) is 4.79 Å². The van der Waals surface area contributed by atoms with Gasteiger partial charge in [-0.2, -0.15) is 5.26 Å². The molecule has 186 valence electrons. The number of hydrogen-bond acceptors (Lipinski definition) is 6. The maximum atomic E-state index is 12.9. The molecular weight excluding hydrogens is 474 g/mol. The molecule has 1 N–H and O–H groups in total. The number of thiophene rings is 1. The maximum absolute atomic E-state index is 12.9. The lowest BCUT2D eigenvalue weighted by Crippen LogP contribution is -2.13. The number of aromatic nitrogens is 1. The van der Waals surface area contributed by atoms with Crippen LogP contribution in [0, 0.1) is 25.2 Å². The van der Waals surface area contributed by atoms with Crippen molar-refractivity contribution in [3.8, 4) is 16.8 Å². The van der Waals surface area contributed by atoms with Gasteiger partial charge in [0.25, 0.3) is 5.91 Å². The fourth-order valence-corrected chi connectivity index (χ4v) is 6.09. The molecule has 1 aromatic carbocycles. The molecule has 1 aliphatic rings. The van der Waals surface area contributed by atoms with Crippen LogP contribution in [0.3, 0.4) is 0 Å². The minimum Gasteiger partial charge on any atom is -0.494 e. The molecule has 7 nitrogen and oxygen atoms in total. The number of hydrogen-bond donors (Lipinski definition) is 1. The summed E-state index contributed by atoms with van der Waals surface area (Å²) in [5, 5.41) is 13.4. The number of ether oxygens (including phenoxy) is 2. The highest BCUT2D eigenvalue weighted by atomic mass is 32.1. The summed E-state index contributed by atoms with van der Waals surface area (Å²) in [6.07, 6.45) is 5.58. The van der Waals surface area contributed by atoms with Gasteiger partial charge in [0.05, 0.1) is 19.3 Å². The van der Waals surface area contributed by atoms with Crippen LogP contribution in [0.15, 0.2) is 35.9 Å². The second-order valence-corrected chi connectivity index (χ2v) is 9.71. The van der Waals surface area contributed by atoms with E-state index >= 15 is 0 Å². The lowest BCUT2D eigenvalue weighted by Gasteiger charge is -2.12. The van der Waals surface area contributed by atoms with Crippen LogP contribution in [-0.4, -0.2) is 30.2 Å². The van der Waals surface area contributed by atoms with Crippen molar-refractivity contribution in [1.82, 2.24) is 4.57 Å². The highest BCUT2D eigenvalue weighted by Crippen LogP contribution is 2.39. The smallest absolute Gasteiger partial charge is 0.341 e. The van der Waals surface area contributed by atoms with Gasteiger partial charge in [-0.1, -0.05) is 6.07 Å². The van der Waals surface area contributed by atoms with E-state index in [2.05, 4.69) is 5.32 Å². The first kappa shape index (κ1) is 25.3. The van der Waals surface area contributed by atoms with Crippen LogP contribution in [0.1, 0.15) is 57.5 Å². The molecule has 2 heterocycles. The number of fused-ring (bicyclic) bond motifs is 1. The molecule has 36 heavy (non-hydrogen) atoms. The van der Waals surface area contributed by atoms with Crippen LogP contribution in [-0.2, 0) is 22.4 Å². The summed E-state index contributed by atoms with van der Waals surface area (Å²) >= 11 is 1.62. The van der Waals surface area contributed by atoms with Crippen LogP contribution in [0.25, 0.3) is 11.1 Å². The number of amides is 1. The summed E-state index contributed by atoms with van der Waals surface area (Å²) in [6, 6.07) is 11.0. The number of nitrogens with one attached hydrogen (secondary N) is 1. The average Bonchev–Trinajstić information content (AvgIpc) is 3.38. The third-order valence-electron chi connectivity index (χ3n) is 6.28. The van der Waals surface area contributed by atoms with Crippen molar-refractivity contribution in [1.29, 1.82) is 5.26 Å². The summed E-state index contributed by atoms with van der Waals surface area (Å²) in [5.41, 5.74) is 4.73.